The molecule has 0 aliphatic carbocycles. The first kappa shape index (κ1) is 15.0. The van der Waals surface area contributed by atoms with E-state index in [-0.39, 0.29) is 22.3 Å². The van der Waals surface area contributed by atoms with Crippen LogP contribution in [-0.4, -0.2) is 16.9 Å². The van der Waals surface area contributed by atoms with E-state index in [1.54, 1.807) is 30.3 Å². The van der Waals surface area contributed by atoms with Crippen LogP contribution in [-0.2, 0) is 5.41 Å². The lowest BCUT2D eigenvalue weighted by atomic mass is 9.80. The number of hydrogen-bond donors (Lipinski definition) is 1. The highest BCUT2D eigenvalue weighted by Crippen LogP contribution is 2.30. The maximum absolute atomic E-state index is 12.8. The minimum absolute atomic E-state index is 0.0521. The monoisotopic (exact) mass is 282 g/mol. The highest BCUT2D eigenvalue weighted by molar-refractivity contribution is 6.15. The summed E-state index contributed by atoms with van der Waals surface area (Å²) >= 11 is 0. The van der Waals surface area contributed by atoms with E-state index in [4.69, 9.17) is 0 Å². The number of carboxylic acids is 1. The number of carboxylic acid groups (broad SMARTS) is 1. The summed E-state index contributed by atoms with van der Waals surface area (Å²) in [7, 11) is 0. The number of rotatable bonds is 3. The first-order chi connectivity index (χ1) is 9.82. The summed E-state index contributed by atoms with van der Waals surface area (Å²) < 4.78 is 0. The molecule has 0 amide bonds. The zero-order valence-corrected chi connectivity index (χ0v) is 12.4. The van der Waals surface area contributed by atoms with E-state index >= 15 is 0 Å². The Labute approximate surface area is 124 Å². The maximum atomic E-state index is 12.8. The fraction of sp³-hybridized carbons (Fsp3) is 0.222. The molecule has 2 aromatic rings. The first-order valence-electron chi connectivity index (χ1n) is 6.79. The van der Waals surface area contributed by atoms with E-state index in [0.29, 0.717) is 5.56 Å². The number of ketones is 1. The first-order valence-corrected chi connectivity index (χ1v) is 6.79. The minimum atomic E-state index is -1.08. The lowest BCUT2D eigenvalue weighted by Gasteiger charge is -2.23. The van der Waals surface area contributed by atoms with E-state index in [1.807, 2.05) is 32.9 Å². The van der Waals surface area contributed by atoms with Crippen LogP contribution in [0.3, 0.4) is 0 Å². The predicted molar refractivity (Wildman–Crippen MR) is 82.0 cm³/mol. The van der Waals surface area contributed by atoms with E-state index in [0.717, 1.165) is 5.56 Å². The minimum Gasteiger partial charge on any atom is -0.478 e. The molecule has 2 rings (SSSR count). The van der Waals surface area contributed by atoms with Gasteiger partial charge >= 0.3 is 5.97 Å². The molecule has 1 N–H and O–H groups in total. The predicted octanol–water partition coefficient (Wildman–Crippen LogP) is 3.91. The van der Waals surface area contributed by atoms with Crippen molar-refractivity contribution >= 4 is 11.8 Å². The Balaban J connectivity index is 2.71. The molecule has 2 aromatic carbocycles. The molecule has 0 aliphatic rings. The van der Waals surface area contributed by atoms with Gasteiger partial charge < -0.3 is 5.11 Å². The van der Waals surface area contributed by atoms with Gasteiger partial charge in [-0.1, -0.05) is 63.2 Å². The second-order valence-electron chi connectivity index (χ2n) is 5.98. The Morgan fingerprint density at radius 3 is 2.05 bits per heavy atom. The summed E-state index contributed by atoms with van der Waals surface area (Å²) in [6, 6.07) is 13.8. The molecule has 0 atom stereocenters. The molecule has 0 spiro atoms. The Morgan fingerprint density at radius 1 is 0.905 bits per heavy atom. The summed E-state index contributed by atoms with van der Waals surface area (Å²) in [5, 5.41) is 9.40. The van der Waals surface area contributed by atoms with Gasteiger partial charge in [-0.05, 0) is 17.0 Å². The van der Waals surface area contributed by atoms with E-state index in [9.17, 15) is 14.7 Å². The number of carbonyl (C=O) groups is 2. The van der Waals surface area contributed by atoms with Crippen molar-refractivity contribution in [3.05, 3.63) is 70.8 Å². The maximum Gasteiger partial charge on any atom is 0.336 e. The van der Waals surface area contributed by atoms with Gasteiger partial charge in [0.1, 0.15) is 0 Å². The van der Waals surface area contributed by atoms with Crippen molar-refractivity contribution in [2.24, 2.45) is 0 Å². The Morgan fingerprint density at radius 2 is 1.52 bits per heavy atom. The Hall–Kier alpha value is -2.42. The standard InChI is InChI=1S/C18H18O3/c1-18(2,3)14-11-7-10-13(17(20)21)15(14)16(19)12-8-5-4-6-9-12/h4-11H,1-3H3,(H,20,21). The zero-order chi connectivity index (χ0) is 15.6. The van der Waals surface area contributed by atoms with E-state index in [2.05, 4.69) is 0 Å². The highest BCUT2D eigenvalue weighted by Gasteiger charge is 2.27. The van der Waals surface area contributed by atoms with E-state index in [1.165, 1.54) is 6.07 Å². The largest absolute Gasteiger partial charge is 0.478 e. The van der Waals surface area contributed by atoms with Gasteiger partial charge in [-0.2, -0.15) is 0 Å². The molecule has 21 heavy (non-hydrogen) atoms. The third kappa shape index (κ3) is 3.02. The van der Waals surface area contributed by atoms with Crippen LogP contribution in [0.4, 0.5) is 0 Å². The summed E-state index contributed by atoms with van der Waals surface area (Å²) in [6.07, 6.45) is 0. The van der Waals surface area contributed by atoms with Crippen LogP contribution in [0.1, 0.15) is 52.6 Å². The number of hydrogen-bond acceptors (Lipinski definition) is 2. The average molecular weight is 282 g/mol. The van der Waals surface area contributed by atoms with Crippen molar-refractivity contribution in [3.8, 4) is 0 Å². The van der Waals surface area contributed by atoms with Crippen molar-refractivity contribution in [1.82, 2.24) is 0 Å². The molecular formula is C18H18O3. The Kier molecular flexibility index (Phi) is 3.94. The van der Waals surface area contributed by atoms with Gasteiger partial charge in [0.25, 0.3) is 0 Å². The van der Waals surface area contributed by atoms with Gasteiger partial charge in [0.05, 0.1) is 5.56 Å². The van der Waals surface area contributed by atoms with Gasteiger partial charge in [-0.3, -0.25) is 4.79 Å². The van der Waals surface area contributed by atoms with Gasteiger partial charge in [-0.25, -0.2) is 4.79 Å². The van der Waals surface area contributed by atoms with Gasteiger partial charge in [0.2, 0.25) is 0 Å². The molecule has 0 unspecified atom stereocenters. The molecule has 0 aliphatic heterocycles. The van der Waals surface area contributed by atoms with Gasteiger partial charge in [-0.15, -0.1) is 0 Å². The normalized spacial score (nSPS) is 11.2. The average Bonchev–Trinajstić information content (AvgIpc) is 2.45. The zero-order valence-electron chi connectivity index (χ0n) is 12.4. The molecule has 0 saturated heterocycles. The topological polar surface area (TPSA) is 54.4 Å². The van der Waals surface area contributed by atoms with Crippen molar-refractivity contribution in [2.75, 3.05) is 0 Å². The van der Waals surface area contributed by atoms with Crippen molar-refractivity contribution in [3.63, 3.8) is 0 Å². The molecule has 0 radical (unpaired) electrons. The fourth-order valence-corrected chi connectivity index (χ4v) is 2.33. The molecule has 3 nitrogen and oxygen atoms in total. The summed E-state index contributed by atoms with van der Waals surface area (Å²) in [5.41, 5.74) is 1.26. The molecule has 108 valence electrons. The second kappa shape index (κ2) is 5.52. The molecule has 0 bridgehead atoms. The summed E-state index contributed by atoms with van der Waals surface area (Å²) in [6.45, 7) is 5.90. The van der Waals surface area contributed by atoms with Crippen molar-refractivity contribution < 1.29 is 14.7 Å². The third-order valence-electron chi connectivity index (χ3n) is 3.37. The number of benzene rings is 2. The van der Waals surface area contributed by atoms with Crippen LogP contribution in [0.25, 0.3) is 0 Å². The van der Waals surface area contributed by atoms with Crippen LogP contribution in [0.2, 0.25) is 0 Å². The lowest BCUT2D eigenvalue weighted by molar-refractivity contribution is 0.0692. The highest BCUT2D eigenvalue weighted by atomic mass is 16.4. The SMILES string of the molecule is CC(C)(C)c1cccc(C(=O)O)c1C(=O)c1ccccc1. The van der Waals surface area contributed by atoms with Gasteiger partial charge in [0.15, 0.2) is 5.78 Å². The number of aromatic carboxylic acids is 1. The molecule has 0 fully saturated rings. The van der Waals surface area contributed by atoms with Crippen molar-refractivity contribution in [1.29, 1.82) is 0 Å². The van der Waals surface area contributed by atoms with Crippen LogP contribution in [0.5, 0.6) is 0 Å². The van der Waals surface area contributed by atoms with Crippen molar-refractivity contribution in [2.45, 2.75) is 26.2 Å². The summed E-state index contributed by atoms with van der Waals surface area (Å²) in [4.78, 5) is 24.3. The second-order valence-corrected chi connectivity index (χ2v) is 5.98. The quantitative estimate of drug-likeness (QED) is 0.868. The smallest absolute Gasteiger partial charge is 0.336 e. The molecule has 3 heteroatoms. The number of carbonyl (C=O) groups excluding carboxylic acids is 1. The molecule has 0 heterocycles. The van der Waals surface area contributed by atoms with Crippen LogP contribution in [0.15, 0.2) is 48.5 Å². The van der Waals surface area contributed by atoms with E-state index < -0.39 is 5.97 Å². The van der Waals surface area contributed by atoms with Gasteiger partial charge in [0, 0.05) is 11.1 Å². The third-order valence-corrected chi connectivity index (χ3v) is 3.37. The molecule has 0 aromatic heterocycles. The summed E-state index contributed by atoms with van der Waals surface area (Å²) in [5.74, 6) is -1.33. The fourth-order valence-electron chi connectivity index (χ4n) is 2.33. The van der Waals surface area contributed by atoms with Crippen LogP contribution < -0.4 is 0 Å². The molecular weight excluding hydrogens is 264 g/mol. The Bertz CT molecular complexity index is 679. The van der Waals surface area contributed by atoms with Crippen LogP contribution >= 0.6 is 0 Å². The lowest BCUT2D eigenvalue weighted by Crippen LogP contribution is -2.21. The molecule has 0 saturated carbocycles. The van der Waals surface area contributed by atoms with Crippen LogP contribution in [0, 0.1) is 0 Å².